The fourth-order valence-corrected chi connectivity index (χ4v) is 5.73. The van der Waals surface area contributed by atoms with Gasteiger partial charge in [0.05, 0.1) is 5.69 Å². The molecule has 1 aliphatic carbocycles. The highest BCUT2D eigenvalue weighted by atomic mass is 32.2. The molecule has 1 saturated carbocycles. The van der Waals surface area contributed by atoms with E-state index in [9.17, 15) is 17.6 Å². The standard InChI is InChI=1S/C18H19FN2O3S2/c1-11-2-5-14(19)15(8-11)20-26(23,24)17-9-13-10-21(7-6-16(13)25-17)18(22)12-3-4-12/h2,5,8-9,12,20H,3-4,6-7,10H2,1H3. The number of amides is 1. The van der Waals surface area contributed by atoms with E-state index >= 15 is 0 Å². The third-order valence-corrected chi connectivity index (χ3v) is 7.79. The number of halogens is 1. The van der Waals surface area contributed by atoms with Gasteiger partial charge < -0.3 is 4.90 Å². The second kappa shape index (κ2) is 6.35. The van der Waals surface area contributed by atoms with Crippen LogP contribution in [-0.2, 0) is 27.8 Å². The Labute approximate surface area is 155 Å². The molecule has 1 aliphatic heterocycles. The number of fused-ring (bicyclic) bond motifs is 1. The molecule has 0 unspecified atom stereocenters. The summed E-state index contributed by atoms with van der Waals surface area (Å²) in [6, 6.07) is 5.91. The van der Waals surface area contributed by atoms with Crippen molar-refractivity contribution in [3.63, 3.8) is 0 Å². The highest BCUT2D eigenvalue weighted by Crippen LogP contribution is 2.36. The summed E-state index contributed by atoms with van der Waals surface area (Å²) in [7, 11) is -3.86. The summed E-state index contributed by atoms with van der Waals surface area (Å²) in [6.45, 7) is 2.85. The number of carbonyl (C=O) groups is 1. The number of aryl methyl sites for hydroxylation is 1. The SMILES string of the molecule is Cc1ccc(F)c(NS(=O)(=O)c2cc3c(s2)CCN(C(=O)C2CC2)C3)c1. The summed E-state index contributed by atoms with van der Waals surface area (Å²) in [5.41, 5.74) is 1.59. The molecular formula is C18H19FN2O3S2. The van der Waals surface area contributed by atoms with Gasteiger partial charge in [0.15, 0.2) is 0 Å². The van der Waals surface area contributed by atoms with E-state index in [4.69, 9.17) is 0 Å². The number of nitrogens with one attached hydrogen (secondary N) is 1. The van der Waals surface area contributed by atoms with E-state index in [0.29, 0.717) is 19.5 Å². The van der Waals surface area contributed by atoms with Gasteiger partial charge in [-0.3, -0.25) is 9.52 Å². The molecule has 8 heteroatoms. The summed E-state index contributed by atoms with van der Waals surface area (Å²) in [5, 5.41) is 0. The lowest BCUT2D eigenvalue weighted by Crippen LogP contribution is -2.36. The molecule has 5 nitrogen and oxygen atoms in total. The molecule has 2 aliphatic rings. The summed E-state index contributed by atoms with van der Waals surface area (Å²) in [5.74, 6) is -0.280. The summed E-state index contributed by atoms with van der Waals surface area (Å²) in [6.07, 6.45) is 2.57. The van der Waals surface area contributed by atoms with Gasteiger partial charge in [0.1, 0.15) is 10.0 Å². The van der Waals surface area contributed by atoms with E-state index in [0.717, 1.165) is 28.8 Å². The van der Waals surface area contributed by atoms with Gasteiger partial charge in [-0.2, -0.15) is 0 Å². The molecule has 1 aromatic heterocycles. The molecule has 1 fully saturated rings. The Hall–Kier alpha value is -1.93. The molecule has 1 N–H and O–H groups in total. The molecule has 26 heavy (non-hydrogen) atoms. The minimum atomic E-state index is -3.86. The van der Waals surface area contributed by atoms with Crippen LogP contribution in [0.15, 0.2) is 28.5 Å². The minimum absolute atomic E-state index is 0.0538. The van der Waals surface area contributed by atoms with Crippen LogP contribution in [0, 0.1) is 18.7 Å². The van der Waals surface area contributed by atoms with Crippen molar-refractivity contribution in [2.24, 2.45) is 5.92 Å². The maximum atomic E-state index is 13.9. The molecule has 4 rings (SSSR count). The number of nitrogens with zero attached hydrogens (tertiary/aromatic N) is 1. The molecule has 2 heterocycles. The molecule has 1 amide bonds. The molecule has 0 bridgehead atoms. The number of benzene rings is 1. The topological polar surface area (TPSA) is 66.5 Å². The molecule has 0 saturated heterocycles. The fraction of sp³-hybridized carbons (Fsp3) is 0.389. The highest BCUT2D eigenvalue weighted by molar-refractivity contribution is 7.94. The first-order valence-electron chi connectivity index (χ1n) is 8.53. The Morgan fingerprint density at radius 1 is 1.31 bits per heavy atom. The Morgan fingerprint density at radius 2 is 2.08 bits per heavy atom. The first-order valence-corrected chi connectivity index (χ1v) is 10.8. The van der Waals surface area contributed by atoms with E-state index in [2.05, 4.69) is 4.72 Å². The monoisotopic (exact) mass is 394 g/mol. The van der Waals surface area contributed by atoms with Crippen molar-refractivity contribution in [2.45, 2.75) is 36.9 Å². The summed E-state index contributed by atoms with van der Waals surface area (Å²) < 4.78 is 41.7. The van der Waals surface area contributed by atoms with Crippen LogP contribution in [0.1, 0.15) is 28.8 Å². The highest BCUT2D eigenvalue weighted by Gasteiger charge is 2.35. The zero-order valence-electron chi connectivity index (χ0n) is 14.3. The number of thiophene rings is 1. The third kappa shape index (κ3) is 3.35. The molecular weight excluding hydrogens is 375 g/mol. The lowest BCUT2D eigenvalue weighted by molar-refractivity contribution is -0.133. The van der Waals surface area contributed by atoms with Crippen molar-refractivity contribution >= 4 is 33.0 Å². The van der Waals surface area contributed by atoms with Gasteiger partial charge in [0, 0.05) is 23.9 Å². The zero-order chi connectivity index (χ0) is 18.5. The van der Waals surface area contributed by atoms with Crippen LogP contribution in [0.4, 0.5) is 10.1 Å². The largest absolute Gasteiger partial charge is 0.338 e. The molecule has 0 radical (unpaired) electrons. The fourth-order valence-electron chi connectivity index (χ4n) is 3.13. The number of rotatable bonds is 4. The molecule has 1 aromatic carbocycles. The van der Waals surface area contributed by atoms with Gasteiger partial charge in [-0.1, -0.05) is 6.07 Å². The van der Waals surface area contributed by atoms with Crippen LogP contribution in [0.5, 0.6) is 0 Å². The molecule has 0 atom stereocenters. The maximum absolute atomic E-state index is 13.9. The van der Waals surface area contributed by atoms with Crippen molar-refractivity contribution < 1.29 is 17.6 Å². The zero-order valence-corrected chi connectivity index (χ0v) is 15.9. The maximum Gasteiger partial charge on any atom is 0.271 e. The average molecular weight is 394 g/mol. The number of hydrogen-bond donors (Lipinski definition) is 1. The number of anilines is 1. The van der Waals surface area contributed by atoms with Gasteiger partial charge in [-0.25, -0.2) is 12.8 Å². The van der Waals surface area contributed by atoms with Crippen molar-refractivity contribution in [1.82, 2.24) is 4.90 Å². The Morgan fingerprint density at radius 3 is 2.81 bits per heavy atom. The number of hydrogen-bond acceptors (Lipinski definition) is 4. The average Bonchev–Trinajstić information content (AvgIpc) is 3.35. The van der Waals surface area contributed by atoms with Crippen molar-refractivity contribution in [2.75, 3.05) is 11.3 Å². The van der Waals surface area contributed by atoms with Crippen molar-refractivity contribution in [1.29, 1.82) is 0 Å². The van der Waals surface area contributed by atoms with Gasteiger partial charge in [-0.15, -0.1) is 11.3 Å². The second-order valence-electron chi connectivity index (χ2n) is 6.89. The van der Waals surface area contributed by atoms with Gasteiger partial charge in [-0.05, 0) is 55.5 Å². The normalized spacial score (nSPS) is 17.1. The lowest BCUT2D eigenvalue weighted by atomic mass is 10.1. The Kier molecular flexibility index (Phi) is 4.27. The van der Waals surface area contributed by atoms with Crippen LogP contribution < -0.4 is 4.72 Å². The van der Waals surface area contributed by atoms with Crippen LogP contribution >= 0.6 is 11.3 Å². The van der Waals surface area contributed by atoms with Crippen LogP contribution in [0.2, 0.25) is 0 Å². The predicted molar refractivity (Wildman–Crippen MR) is 98.1 cm³/mol. The predicted octanol–water partition coefficient (Wildman–Crippen LogP) is 3.29. The van der Waals surface area contributed by atoms with E-state index in [1.807, 2.05) is 4.90 Å². The van der Waals surface area contributed by atoms with Crippen molar-refractivity contribution in [3.8, 4) is 0 Å². The third-order valence-electron chi connectivity index (χ3n) is 4.71. The van der Waals surface area contributed by atoms with Crippen LogP contribution in [0.25, 0.3) is 0 Å². The van der Waals surface area contributed by atoms with Crippen LogP contribution in [-0.4, -0.2) is 25.8 Å². The van der Waals surface area contributed by atoms with E-state index in [1.54, 1.807) is 19.1 Å². The summed E-state index contributed by atoms with van der Waals surface area (Å²) >= 11 is 1.20. The Balaban J connectivity index is 1.57. The lowest BCUT2D eigenvalue weighted by Gasteiger charge is -2.26. The van der Waals surface area contributed by atoms with Gasteiger partial charge >= 0.3 is 0 Å². The van der Waals surface area contributed by atoms with E-state index in [1.165, 1.54) is 23.5 Å². The molecule has 138 valence electrons. The first kappa shape index (κ1) is 17.5. The number of carbonyl (C=O) groups excluding carboxylic acids is 1. The number of sulfonamides is 1. The van der Waals surface area contributed by atoms with Crippen molar-refractivity contribution in [3.05, 3.63) is 46.1 Å². The smallest absolute Gasteiger partial charge is 0.271 e. The first-order chi connectivity index (χ1) is 12.3. The van der Waals surface area contributed by atoms with Gasteiger partial charge in [0.25, 0.3) is 10.0 Å². The second-order valence-corrected chi connectivity index (χ2v) is 9.93. The van der Waals surface area contributed by atoms with Crippen LogP contribution in [0.3, 0.4) is 0 Å². The Bertz CT molecular complexity index is 980. The quantitative estimate of drug-likeness (QED) is 0.865. The van der Waals surface area contributed by atoms with E-state index < -0.39 is 15.8 Å². The minimum Gasteiger partial charge on any atom is -0.338 e. The molecule has 2 aromatic rings. The van der Waals surface area contributed by atoms with E-state index in [-0.39, 0.29) is 21.7 Å². The summed E-state index contributed by atoms with van der Waals surface area (Å²) in [4.78, 5) is 15.0. The van der Waals surface area contributed by atoms with Gasteiger partial charge in [0.2, 0.25) is 5.91 Å². The molecule has 0 spiro atoms.